The molecule has 0 saturated heterocycles. The van der Waals surface area contributed by atoms with Crippen molar-refractivity contribution in [2.75, 3.05) is 6.61 Å². The molecule has 1 aliphatic rings. The number of nitrogens with one attached hydrogen (secondary N) is 1. The summed E-state index contributed by atoms with van der Waals surface area (Å²) < 4.78 is 6.30. The van der Waals surface area contributed by atoms with Crippen molar-refractivity contribution in [1.29, 1.82) is 0 Å². The molecule has 1 amide bonds. The summed E-state index contributed by atoms with van der Waals surface area (Å²) in [6, 6.07) is 6.18. The Labute approximate surface area is 103 Å². The number of halogens is 1. The Morgan fingerprint density at radius 3 is 2.94 bits per heavy atom. The number of ether oxygens (including phenoxy) is 1. The zero-order valence-corrected chi connectivity index (χ0v) is 10.7. The van der Waals surface area contributed by atoms with Crippen LogP contribution in [0, 0.1) is 6.92 Å². The number of amides is 1. The van der Waals surface area contributed by atoms with Crippen LogP contribution in [0.2, 0.25) is 0 Å². The predicted molar refractivity (Wildman–Crippen MR) is 65.5 cm³/mol. The molecule has 0 unspecified atom stereocenters. The highest BCUT2D eigenvalue weighted by Gasteiger charge is 2.23. The third kappa shape index (κ3) is 3.23. The van der Waals surface area contributed by atoms with Gasteiger partial charge in [-0.2, -0.15) is 0 Å². The predicted octanol–water partition coefficient (Wildman–Crippen LogP) is 2.41. The molecule has 2 rings (SSSR count). The van der Waals surface area contributed by atoms with Crippen LogP contribution in [0.3, 0.4) is 0 Å². The average Bonchev–Trinajstić information content (AvgIpc) is 3.00. The monoisotopic (exact) mass is 283 g/mol. The number of hydrogen-bond acceptors (Lipinski definition) is 2. The Balaban J connectivity index is 1.85. The van der Waals surface area contributed by atoms with E-state index in [-0.39, 0.29) is 12.5 Å². The maximum absolute atomic E-state index is 11.4. The van der Waals surface area contributed by atoms with Crippen LogP contribution < -0.4 is 10.1 Å². The van der Waals surface area contributed by atoms with Gasteiger partial charge in [-0.25, -0.2) is 0 Å². The van der Waals surface area contributed by atoms with Crippen LogP contribution in [-0.4, -0.2) is 18.6 Å². The first-order valence-corrected chi connectivity index (χ1v) is 6.13. The molecule has 16 heavy (non-hydrogen) atoms. The summed E-state index contributed by atoms with van der Waals surface area (Å²) in [6.45, 7) is 2.09. The Bertz CT molecular complexity index is 402. The lowest BCUT2D eigenvalue weighted by molar-refractivity contribution is -0.123. The molecule has 0 atom stereocenters. The highest BCUT2D eigenvalue weighted by Crippen LogP contribution is 2.25. The fourth-order valence-corrected chi connectivity index (χ4v) is 1.97. The smallest absolute Gasteiger partial charge is 0.258 e. The Morgan fingerprint density at radius 1 is 1.56 bits per heavy atom. The van der Waals surface area contributed by atoms with Gasteiger partial charge in [0.15, 0.2) is 6.61 Å². The molecule has 0 spiro atoms. The first kappa shape index (κ1) is 11.5. The van der Waals surface area contributed by atoms with Crippen molar-refractivity contribution in [3.05, 3.63) is 28.2 Å². The van der Waals surface area contributed by atoms with Crippen LogP contribution in [0.4, 0.5) is 0 Å². The molecule has 0 heterocycles. The van der Waals surface area contributed by atoms with Crippen molar-refractivity contribution in [3.63, 3.8) is 0 Å². The van der Waals surface area contributed by atoms with Gasteiger partial charge in [0, 0.05) is 6.04 Å². The largest absolute Gasteiger partial charge is 0.483 e. The third-order valence-corrected chi connectivity index (χ3v) is 3.01. The fourth-order valence-electron chi connectivity index (χ4n) is 1.36. The van der Waals surface area contributed by atoms with E-state index in [2.05, 4.69) is 21.2 Å². The van der Waals surface area contributed by atoms with Crippen LogP contribution in [0.1, 0.15) is 18.4 Å². The van der Waals surface area contributed by atoms with E-state index in [1.165, 1.54) is 0 Å². The molecule has 0 aromatic heterocycles. The lowest BCUT2D eigenvalue weighted by Gasteiger charge is -2.08. The number of hydrogen-bond donors (Lipinski definition) is 1. The second-order valence-electron chi connectivity index (χ2n) is 4.06. The van der Waals surface area contributed by atoms with E-state index in [1.807, 2.05) is 25.1 Å². The third-order valence-electron chi connectivity index (χ3n) is 2.39. The first-order valence-electron chi connectivity index (χ1n) is 5.33. The summed E-state index contributed by atoms with van der Waals surface area (Å²) >= 11 is 3.40. The summed E-state index contributed by atoms with van der Waals surface area (Å²) in [5.41, 5.74) is 1.15. The lowest BCUT2D eigenvalue weighted by Crippen LogP contribution is -2.30. The zero-order valence-electron chi connectivity index (χ0n) is 9.13. The molecule has 1 aliphatic carbocycles. The van der Waals surface area contributed by atoms with Crippen molar-refractivity contribution in [2.24, 2.45) is 0 Å². The summed E-state index contributed by atoms with van der Waals surface area (Å²) in [4.78, 5) is 11.4. The molecule has 0 aliphatic heterocycles. The van der Waals surface area contributed by atoms with E-state index >= 15 is 0 Å². The summed E-state index contributed by atoms with van der Waals surface area (Å²) in [5.74, 6) is 0.659. The van der Waals surface area contributed by atoms with E-state index in [0.717, 1.165) is 22.9 Å². The van der Waals surface area contributed by atoms with E-state index in [9.17, 15) is 4.79 Å². The van der Waals surface area contributed by atoms with Crippen molar-refractivity contribution in [1.82, 2.24) is 5.32 Å². The summed E-state index contributed by atoms with van der Waals surface area (Å²) in [5, 5.41) is 2.88. The van der Waals surface area contributed by atoms with Gasteiger partial charge in [0.2, 0.25) is 0 Å². The quantitative estimate of drug-likeness (QED) is 0.922. The lowest BCUT2D eigenvalue weighted by atomic mass is 10.2. The minimum absolute atomic E-state index is 0.0463. The molecule has 1 aromatic carbocycles. The van der Waals surface area contributed by atoms with E-state index in [4.69, 9.17) is 4.74 Å². The second-order valence-corrected chi connectivity index (χ2v) is 4.92. The van der Waals surface area contributed by atoms with Crippen molar-refractivity contribution in [3.8, 4) is 5.75 Å². The Kier molecular flexibility index (Phi) is 3.49. The van der Waals surface area contributed by atoms with Gasteiger partial charge in [-0.05, 0) is 53.4 Å². The standard InChI is InChI=1S/C12H14BrNO2/c1-8-2-5-11(10(13)6-8)16-7-12(15)14-9-3-4-9/h2,5-6,9H,3-4,7H2,1H3,(H,14,15). The highest BCUT2D eigenvalue weighted by molar-refractivity contribution is 9.10. The van der Waals surface area contributed by atoms with Crippen molar-refractivity contribution in [2.45, 2.75) is 25.8 Å². The number of rotatable bonds is 4. The average molecular weight is 284 g/mol. The number of carbonyl (C=O) groups excluding carboxylic acids is 1. The normalized spacial score (nSPS) is 14.6. The molecular weight excluding hydrogens is 270 g/mol. The van der Waals surface area contributed by atoms with Crippen LogP contribution in [0.15, 0.2) is 22.7 Å². The molecule has 3 nitrogen and oxygen atoms in total. The minimum atomic E-state index is -0.0463. The molecule has 1 aromatic rings. The van der Waals surface area contributed by atoms with Gasteiger partial charge in [0.1, 0.15) is 5.75 Å². The minimum Gasteiger partial charge on any atom is -0.483 e. The number of aryl methyl sites for hydroxylation is 1. The maximum atomic E-state index is 11.4. The van der Waals surface area contributed by atoms with Gasteiger partial charge in [-0.15, -0.1) is 0 Å². The Hall–Kier alpha value is -1.03. The molecule has 4 heteroatoms. The fraction of sp³-hybridized carbons (Fsp3) is 0.417. The van der Waals surface area contributed by atoms with Crippen LogP contribution in [0.25, 0.3) is 0 Å². The highest BCUT2D eigenvalue weighted by atomic mass is 79.9. The van der Waals surface area contributed by atoms with Crippen LogP contribution in [0.5, 0.6) is 5.75 Å². The van der Waals surface area contributed by atoms with Crippen LogP contribution in [-0.2, 0) is 4.79 Å². The van der Waals surface area contributed by atoms with E-state index in [0.29, 0.717) is 11.8 Å². The SMILES string of the molecule is Cc1ccc(OCC(=O)NC2CC2)c(Br)c1. The second kappa shape index (κ2) is 4.87. The molecule has 0 bridgehead atoms. The van der Waals surface area contributed by atoms with Crippen LogP contribution >= 0.6 is 15.9 Å². The van der Waals surface area contributed by atoms with Gasteiger partial charge in [0.05, 0.1) is 4.47 Å². The molecule has 0 radical (unpaired) electrons. The van der Waals surface area contributed by atoms with Gasteiger partial charge in [-0.1, -0.05) is 6.07 Å². The van der Waals surface area contributed by atoms with E-state index in [1.54, 1.807) is 0 Å². The molecule has 1 fully saturated rings. The summed E-state index contributed by atoms with van der Waals surface area (Å²) in [7, 11) is 0. The van der Waals surface area contributed by atoms with E-state index < -0.39 is 0 Å². The summed E-state index contributed by atoms with van der Waals surface area (Å²) in [6.07, 6.45) is 2.19. The topological polar surface area (TPSA) is 38.3 Å². The van der Waals surface area contributed by atoms with Crippen molar-refractivity contribution < 1.29 is 9.53 Å². The molecule has 86 valence electrons. The van der Waals surface area contributed by atoms with Gasteiger partial charge in [-0.3, -0.25) is 4.79 Å². The van der Waals surface area contributed by atoms with Gasteiger partial charge >= 0.3 is 0 Å². The van der Waals surface area contributed by atoms with Gasteiger partial charge < -0.3 is 10.1 Å². The number of benzene rings is 1. The zero-order chi connectivity index (χ0) is 11.5. The van der Waals surface area contributed by atoms with Gasteiger partial charge in [0.25, 0.3) is 5.91 Å². The molecular formula is C12H14BrNO2. The molecule has 1 saturated carbocycles. The molecule has 1 N–H and O–H groups in total. The van der Waals surface area contributed by atoms with Crippen molar-refractivity contribution >= 4 is 21.8 Å². The Morgan fingerprint density at radius 2 is 2.31 bits per heavy atom. The number of carbonyl (C=O) groups is 1. The first-order chi connectivity index (χ1) is 7.65. The maximum Gasteiger partial charge on any atom is 0.258 e.